The molecule has 0 heterocycles. The van der Waals surface area contributed by atoms with Gasteiger partial charge in [0.15, 0.2) is 0 Å². The summed E-state index contributed by atoms with van der Waals surface area (Å²) in [6, 6.07) is 0. The monoisotopic (exact) mass is 203 g/mol. The molecule has 0 aromatic rings. The summed E-state index contributed by atoms with van der Waals surface area (Å²) < 4.78 is 30.5. The number of nitro groups is 1. The molecule has 0 aromatic heterocycles. The Bertz CT molecular complexity index is 284. The van der Waals surface area contributed by atoms with Crippen LogP contribution in [0.4, 0.5) is 0 Å². The number of hydrogen-bond donors (Lipinski definition) is 0. The van der Waals surface area contributed by atoms with E-state index in [9.17, 15) is 23.1 Å². The van der Waals surface area contributed by atoms with Gasteiger partial charge in [0.25, 0.3) is 5.70 Å². The molecule has 8 heteroatoms. The van der Waals surface area contributed by atoms with Gasteiger partial charge in [-0.05, 0) is 13.5 Å². The summed E-state index contributed by atoms with van der Waals surface area (Å²) >= 11 is 0. The van der Waals surface area contributed by atoms with Gasteiger partial charge < -0.3 is 4.55 Å². The Hall–Kier alpha value is 0.0500. The van der Waals surface area contributed by atoms with Crippen molar-refractivity contribution in [1.29, 1.82) is 0 Å². The van der Waals surface area contributed by atoms with Gasteiger partial charge >= 0.3 is 29.6 Å². The molecule has 0 aliphatic rings. The molecule has 1 unspecified atom stereocenters. The average Bonchev–Trinajstić information content (AvgIpc) is 1.82. The van der Waals surface area contributed by atoms with Crippen LogP contribution in [0.2, 0.25) is 0 Å². The van der Waals surface area contributed by atoms with Crippen molar-refractivity contribution in [2.24, 2.45) is 0 Å². The SMILES string of the molecule is C=C(C(C)S(=O)(=O)[O-])[N+](=O)[O-].[Na+]. The van der Waals surface area contributed by atoms with Crippen molar-refractivity contribution in [2.45, 2.75) is 12.2 Å². The third kappa shape index (κ3) is 4.17. The van der Waals surface area contributed by atoms with Crippen LogP contribution in [0, 0.1) is 10.1 Å². The van der Waals surface area contributed by atoms with E-state index in [-0.39, 0.29) is 29.6 Å². The number of nitrogens with zero attached hydrogens (tertiary/aromatic N) is 1. The first kappa shape index (κ1) is 14.6. The van der Waals surface area contributed by atoms with Crippen LogP contribution in [0.5, 0.6) is 0 Å². The molecule has 0 radical (unpaired) electrons. The Balaban J connectivity index is 0. The summed E-state index contributed by atoms with van der Waals surface area (Å²) in [7, 11) is -4.64. The van der Waals surface area contributed by atoms with Crippen LogP contribution < -0.4 is 29.6 Å². The second-order valence-electron chi connectivity index (χ2n) is 1.88. The molecular weight excluding hydrogens is 197 g/mol. The van der Waals surface area contributed by atoms with Crippen LogP contribution in [0.25, 0.3) is 0 Å². The molecule has 0 fully saturated rings. The topological polar surface area (TPSA) is 100 Å². The summed E-state index contributed by atoms with van der Waals surface area (Å²) in [5.41, 5.74) is -0.806. The minimum atomic E-state index is -4.64. The van der Waals surface area contributed by atoms with E-state index >= 15 is 0 Å². The van der Waals surface area contributed by atoms with Crippen LogP contribution in [0.3, 0.4) is 0 Å². The maximum atomic E-state index is 10.2. The van der Waals surface area contributed by atoms with Gasteiger partial charge in [0.05, 0.1) is 4.92 Å². The molecule has 0 spiro atoms. The van der Waals surface area contributed by atoms with Gasteiger partial charge in [0, 0.05) is 0 Å². The molecule has 6 nitrogen and oxygen atoms in total. The van der Waals surface area contributed by atoms with E-state index in [2.05, 4.69) is 6.58 Å². The average molecular weight is 203 g/mol. The van der Waals surface area contributed by atoms with Crippen LogP contribution in [-0.4, -0.2) is 23.1 Å². The Morgan fingerprint density at radius 2 is 1.92 bits per heavy atom. The largest absolute Gasteiger partial charge is 1.00 e. The van der Waals surface area contributed by atoms with Crippen molar-refractivity contribution < 1.29 is 47.5 Å². The molecule has 0 N–H and O–H groups in total. The molecule has 0 rings (SSSR count). The molecule has 0 amide bonds. The van der Waals surface area contributed by atoms with E-state index in [4.69, 9.17) is 0 Å². The fraction of sp³-hybridized carbons (Fsp3) is 0.500. The first-order chi connectivity index (χ1) is 4.76. The van der Waals surface area contributed by atoms with Crippen molar-refractivity contribution in [3.63, 3.8) is 0 Å². The van der Waals surface area contributed by atoms with E-state index in [0.29, 0.717) is 0 Å². The van der Waals surface area contributed by atoms with Crippen molar-refractivity contribution in [3.05, 3.63) is 22.4 Å². The van der Waals surface area contributed by atoms with Gasteiger partial charge in [-0.25, -0.2) is 8.42 Å². The molecule has 0 aliphatic heterocycles. The summed E-state index contributed by atoms with van der Waals surface area (Å²) in [6.45, 7) is 3.77. The van der Waals surface area contributed by atoms with E-state index in [1.807, 2.05) is 0 Å². The zero-order valence-corrected chi connectivity index (χ0v) is 9.50. The Labute approximate surface area is 91.8 Å². The van der Waals surface area contributed by atoms with Gasteiger partial charge in [-0.3, -0.25) is 10.1 Å². The van der Waals surface area contributed by atoms with Crippen LogP contribution in [0.1, 0.15) is 6.92 Å². The predicted molar refractivity (Wildman–Crippen MR) is 35.3 cm³/mol. The fourth-order valence-electron chi connectivity index (χ4n) is 0.315. The van der Waals surface area contributed by atoms with E-state index < -0.39 is 26.0 Å². The maximum absolute atomic E-state index is 10.2. The zero-order chi connectivity index (χ0) is 9.23. The van der Waals surface area contributed by atoms with E-state index in [0.717, 1.165) is 6.92 Å². The van der Waals surface area contributed by atoms with E-state index in [1.165, 1.54) is 0 Å². The minimum Gasteiger partial charge on any atom is -0.747 e. The quantitative estimate of drug-likeness (QED) is 0.207. The Kier molecular flexibility index (Phi) is 5.98. The van der Waals surface area contributed by atoms with Gasteiger partial charge in [-0.1, -0.05) is 0 Å². The third-order valence-corrected chi connectivity index (χ3v) is 2.27. The molecule has 0 aromatic carbocycles. The molecule has 12 heavy (non-hydrogen) atoms. The van der Waals surface area contributed by atoms with Crippen LogP contribution in [0.15, 0.2) is 12.3 Å². The van der Waals surface area contributed by atoms with Gasteiger partial charge in [-0.15, -0.1) is 0 Å². The van der Waals surface area contributed by atoms with E-state index in [1.54, 1.807) is 0 Å². The van der Waals surface area contributed by atoms with Crippen molar-refractivity contribution in [1.82, 2.24) is 0 Å². The number of hydrogen-bond acceptors (Lipinski definition) is 5. The summed E-state index contributed by atoms with van der Waals surface area (Å²) in [5.74, 6) is 0. The molecule has 0 aliphatic carbocycles. The van der Waals surface area contributed by atoms with Gasteiger partial charge in [-0.2, -0.15) is 0 Å². The Morgan fingerprint density at radius 3 is 2.00 bits per heavy atom. The molecule has 64 valence electrons. The van der Waals surface area contributed by atoms with Crippen LogP contribution >= 0.6 is 0 Å². The van der Waals surface area contributed by atoms with Crippen molar-refractivity contribution in [3.8, 4) is 0 Å². The Morgan fingerprint density at radius 1 is 1.58 bits per heavy atom. The zero-order valence-electron chi connectivity index (χ0n) is 6.68. The summed E-state index contributed by atoms with van der Waals surface area (Å²) in [6.07, 6.45) is 0. The predicted octanol–water partition coefficient (Wildman–Crippen LogP) is -3.29. The third-order valence-electron chi connectivity index (χ3n) is 1.14. The standard InChI is InChI=1S/C4H7NO5S.Na/c1-3(5(6)7)4(2)11(8,9)10;/h4H,1H2,2H3,(H,8,9,10);/q;+1/p-1. The first-order valence-corrected chi connectivity index (χ1v) is 4.02. The smallest absolute Gasteiger partial charge is 0.747 e. The summed E-state index contributed by atoms with van der Waals surface area (Å²) in [4.78, 5) is 8.90. The second-order valence-corrected chi connectivity index (χ2v) is 3.58. The second kappa shape index (κ2) is 4.93. The molecule has 0 saturated heterocycles. The van der Waals surface area contributed by atoms with Gasteiger partial charge in [0.2, 0.25) is 0 Å². The summed E-state index contributed by atoms with van der Waals surface area (Å²) in [5, 5.41) is 8.22. The van der Waals surface area contributed by atoms with Crippen molar-refractivity contribution >= 4 is 10.1 Å². The van der Waals surface area contributed by atoms with Crippen LogP contribution in [-0.2, 0) is 10.1 Å². The molecule has 0 saturated carbocycles. The van der Waals surface area contributed by atoms with Gasteiger partial charge in [0.1, 0.15) is 15.4 Å². The van der Waals surface area contributed by atoms with Crippen molar-refractivity contribution in [2.75, 3.05) is 0 Å². The fourth-order valence-corrected chi connectivity index (χ4v) is 0.734. The molecule has 0 bridgehead atoms. The normalized spacial score (nSPS) is 12.8. The molecule has 1 atom stereocenters. The minimum absolute atomic E-state index is 0. The first-order valence-electron chi connectivity index (χ1n) is 2.54. The maximum Gasteiger partial charge on any atom is 1.00 e. The molecular formula is C4H6NNaO5S. The number of rotatable bonds is 3.